The number of hydrogen-bond acceptors (Lipinski definition) is 3. The quantitative estimate of drug-likeness (QED) is 0.498. The Labute approximate surface area is 71.3 Å². The van der Waals surface area contributed by atoms with Crippen molar-refractivity contribution in [1.29, 1.82) is 0 Å². The van der Waals surface area contributed by atoms with E-state index in [2.05, 4.69) is 0 Å². The minimum atomic E-state index is -0.0304. The first kappa shape index (κ1) is 9.00. The molecule has 0 aliphatic rings. The number of ether oxygens (including phenoxy) is 1. The molecule has 0 aliphatic carbocycles. The van der Waals surface area contributed by atoms with Crippen LogP contribution < -0.4 is 0 Å². The van der Waals surface area contributed by atoms with Crippen LogP contribution in [0.3, 0.4) is 0 Å². The zero-order valence-electron chi connectivity index (χ0n) is 7.08. The lowest BCUT2D eigenvalue weighted by Crippen LogP contribution is -2.08. The molecule has 0 atom stereocenters. The maximum absolute atomic E-state index is 11.2. The van der Waals surface area contributed by atoms with Crippen molar-refractivity contribution in [2.24, 2.45) is 0 Å². The van der Waals surface area contributed by atoms with E-state index in [1.165, 1.54) is 12.5 Å². The summed E-state index contributed by atoms with van der Waals surface area (Å²) in [5, 5.41) is 0. The Morgan fingerprint density at radius 1 is 1.67 bits per heavy atom. The highest BCUT2D eigenvalue weighted by atomic mass is 16.5. The molecule has 0 fully saturated rings. The Balaban J connectivity index is 2.30. The number of Topliss-reactive ketones (excluding diaryl/α,β-unsaturated/α-hetero) is 1. The second-order valence-electron chi connectivity index (χ2n) is 2.49. The molecule has 0 radical (unpaired) electrons. The van der Waals surface area contributed by atoms with Crippen LogP contribution in [0, 0.1) is 0 Å². The first-order valence-corrected chi connectivity index (χ1v) is 3.97. The number of hydrogen-bond donors (Lipinski definition) is 0. The van der Waals surface area contributed by atoms with Gasteiger partial charge < -0.3 is 9.15 Å². The van der Waals surface area contributed by atoms with Gasteiger partial charge in [-0.05, 0) is 12.5 Å². The molecule has 3 nitrogen and oxygen atoms in total. The summed E-state index contributed by atoms with van der Waals surface area (Å²) in [4.78, 5) is 11.2. The molecule has 3 heteroatoms. The number of carbonyl (C=O) groups is 1. The molecule has 0 saturated heterocycles. The average Bonchev–Trinajstić information content (AvgIpc) is 2.56. The summed E-state index contributed by atoms with van der Waals surface area (Å²) in [6.07, 6.45) is 3.84. The van der Waals surface area contributed by atoms with Crippen LogP contribution in [-0.2, 0) is 4.74 Å². The van der Waals surface area contributed by atoms with Crippen LogP contribution in [0.25, 0.3) is 0 Å². The van der Waals surface area contributed by atoms with E-state index >= 15 is 0 Å². The van der Waals surface area contributed by atoms with Gasteiger partial charge in [-0.15, -0.1) is 0 Å². The smallest absolute Gasteiger partial charge is 0.191 e. The van der Waals surface area contributed by atoms with Gasteiger partial charge in [0.25, 0.3) is 0 Å². The van der Waals surface area contributed by atoms with E-state index in [9.17, 15) is 4.79 Å². The van der Waals surface area contributed by atoms with Gasteiger partial charge in [0.1, 0.15) is 12.9 Å². The maximum Gasteiger partial charge on any atom is 0.191 e. The summed E-state index contributed by atoms with van der Waals surface area (Å²) < 4.78 is 9.84. The monoisotopic (exact) mass is 168 g/mol. The van der Waals surface area contributed by atoms with Crippen LogP contribution in [0.5, 0.6) is 0 Å². The molecule has 12 heavy (non-hydrogen) atoms. The Bertz CT molecular complexity index is 226. The normalized spacial score (nSPS) is 10.1. The standard InChI is InChI=1S/C9H12O3/c1-2-4-11-7-9(10)8-3-5-12-6-8/h3,5-6H,2,4,7H2,1H3. The molecule has 1 rings (SSSR count). The molecular formula is C9H12O3. The summed E-state index contributed by atoms with van der Waals surface area (Å²) in [6, 6.07) is 1.64. The highest BCUT2D eigenvalue weighted by Gasteiger charge is 2.05. The second kappa shape index (κ2) is 4.72. The van der Waals surface area contributed by atoms with Gasteiger partial charge in [0.15, 0.2) is 5.78 Å². The highest BCUT2D eigenvalue weighted by Crippen LogP contribution is 2.01. The van der Waals surface area contributed by atoms with E-state index in [0.29, 0.717) is 12.2 Å². The molecule has 0 bridgehead atoms. The van der Waals surface area contributed by atoms with Gasteiger partial charge in [-0.1, -0.05) is 6.92 Å². The van der Waals surface area contributed by atoms with Gasteiger partial charge in [0, 0.05) is 6.61 Å². The largest absolute Gasteiger partial charge is 0.472 e. The summed E-state index contributed by atoms with van der Waals surface area (Å²) in [5.74, 6) is -0.0304. The lowest BCUT2D eigenvalue weighted by Gasteiger charge is -1.98. The van der Waals surface area contributed by atoms with Crippen molar-refractivity contribution in [2.45, 2.75) is 13.3 Å². The van der Waals surface area contributed by atoms with E-state index in [1.807, 2.05) is 6.92 Å². The molecule has 1 aromatic rings. The summed E-state index contributed by atoms with van der Waals surface area (Å²) in [7, 11) is 0. The molecule has 0 spiro atoms. The van der Waals surface area contributed by atoms with Gasteiger partial charge in [-0.25, -0.2) is 0 Å². The van der Waals surface area contributed by atoms with Crippen molar-refractivity contribution in [3.05, 3.63) is 24.2 Å². The van der Waals surface area contributed by atoms with Gasteiger partial charge >= 0.3 is 0 Å². The molecule has 66 valence electrons. The van der Waals surface area contributed by atoms with Crippen molar-refractivity contribution in [1.82, 2.24) is 0 Å². The van der Waals surface area contributed by atoms with Crippen LogP contribution in [0.4, 0.5) is 0 Å². The number of furan rings is 1. The molecule has 0 aromatic carbocycles. The molecule has 0 N–H and O–H groups in total. The fraction of sp³-hybridized carbons (Fsp3) is 0.444. The van der Waals surface area contributed by atoms with E-state index in [4.69, 9.17) is 9.15 Å². The third-order valence-electron chi connectivity index (χ3n) is 1.42. The van der Waals surface area contributed by atoms with Gasteiger partial charge in [0.05, 0.1) is 11.8 Å². The summed E-state index contributed by atoms with van der Waals surface area (Å²) in [5.41, 5.74) is 0.575. The molecule has 0 saturated carbocycles. The molecule has 1 heterocycles. The molecule has 0 amide bonds. The van der Waals surface area contributed by atoms with E-state index < -0.39 is 0 Å². The third kappa shape index (κ3) is 2.51. The van der Waals surface area contributed by atoms with Crippen LogP contribution in [0.1, 0.15) is 23.7 Å². The molecular weight excluding hydrogens is 156 g/mol. The summed E-state index contributed by atoms with van der Waals surface area (Å²) in [6.45, 7) is 2.78. The SMILES string of the molecule is CCCOCC(=O)c1ccoc1. The van der Waals surface area contributed by atoms with Gasteiger partial charge in [-0.2, -0.15) is 0 Å². The minimum absolute atomic E-state index is 0.0304. The number of rotatable bonds is 5. The lowest BCUT2D eigenvalue weighted by molar-refractivity contribution is 0.0761. The average molecular weight is 168 g/mol. The van der Waals surface area contributed by atoms with Crippen molar-refractivity contribution >= 4 is 5.78 Å². The van der Waals surface area contributed by atoms with Crippen LogP contribution in [-0.4, -0.2) is 19.0 Å². The first-order chi connectivity index (χ1) is 5.84. The Morgan fingerprint density at radius 2 is 2.50 bits per heavy atom. The third-order valence-corrected chi connectivity index (χ3v) is 1.42. The molecule has 0 aliphatic heterocycles. The van der Waals surface area contributed by atoms with E-state index in [-0.39, 0.29) is 12.4 Å². The fourth-order valence-electron chi connectivity index (χ4n) is 0.816. The topological polar surface area (TPSA) is 39.4 Å². The Kier molecular flexibility index (Phi) is 3.54. The minimum Gasteiger partial charge on any atom is -0.472 e. The first-order valence-electron chi connectivity index (χ1n) is 3.97. The number of ketones is 1. The van der Waals surface area contributed by atoms with Crippen molar-refractivity contribution < 1.29 is 13.9 Å². The summed E-state index contributed by atoms with van der Waals surface area (Å²) >= 11 is 0. The van der Waals surface area contributed by atoms with Crippen molar-refractivity contribution in [3.63, 3.8) is 0 Å². The van der Waals surface area contributed by atoms with Crippen molar-refractivity contribution in [3.8, 4) is 0 Å². The lowest BCUT2D eigenvalue weighted by atomic mass is 10.2. The van der Waals surface area contributed by atoms with Crippen LogP contribution in [0.15, 0.2) is 23.0 Å². The second-order valence-corrected chi connectivity index (χ2v) is 2.49. The van der Waals surface area contributed by atoms with Crippen molar-refractivity contribution in [2.75, 3.05) is 13.2 Å². The molecule has 0 unspecified atom stereocenters. The zero-order valence-corrected chi connectivity index (χ0v) is 7.08. The highest BCUT2D eigenvalue weighted by molar-refractivity contribution is 5.96. The Morgan fingerprint density at radius 3 is 3.08 bits per heavy atom. The fourth-order valence-corrected chi connectivity index (χ4v) is 0.816. The molecule has 1 aromatic heterocycles. The Hall–Kier alpha value is -1.09. The van der Waals surface area contributed by atoms with Gasteiger partial charge in [-0.3, -0.25) is 4.79 Å². The van der Waals surface area contributed by atoms with Crippen LogP contribution in [0.2, 0.25) is 0 Å². The van der Waals surface area contributed by atoms with Crippen LogP contribution >= 0.6 is 0 Å². The van der Waals surface area contributed by atoms with E-state index in [1.54, 1.807) is 6.07 Å². The predicted octanol–water partition coefficient (Wildman–Crippen LogP) is 1.89. The number of carbonyl (C=O) groups excluding carboxylic acids is 1. The zero-order chi connectivity index (χ0) is 8.81. The van der Waals surface area contributed by atoms with E-state index in [0.717, 1.165) is 6.42 Å². The maximum atomic E-state index is 11.2. The predicted molar refractivity (Wildman–Crippen MR) is 44.1 cm³/mol. The van der Waals surface area contributed by atoms with Gasteiger partial charge in [0.2, 0.25) is 0 Å².